The smallest absolute Gasteiger partial charge is 0.239 e. The lowest BCUT2D eigenvalue weighted by atomic mass is 10.2. The maximum absolute atomic E-state index is 11.4. The molecule has 1 amide bonds. The van der Waals surface area contributed by atoms with Crippen LogP contribution in [0.3, 0.4) is 0 Å². The Bertz CT molecular complexity index is 210. The fourth-order valence-electron chi connectivity index (χ4n) is 1.34. The van der Waals surface area contributed by atoms with Crippen molar-refractivity contribution in [1.29, 1.82) is 0 Å². The van der Waals surface area contributed by atoms with Crippen molar-refractivity contribution in [1.82, 2.24) is 10.2 Å². The molecule has 0 saturated carbocycles. The van der Waals surface area contributed by atoms with Gasteiger partial charge in [-0.25, -0.2) is 0 Å². The van der Waals surface area contributed by atoms with E-state index < -0.39 is 6.04 Å². The minimum absolute atomic E-state index is 0.135. The molecule has 5 nitrogen and oxygen atoms in total. The Balaban J connectivity index is 3.48. The summed E-state index contributed by atoms with van der Waals surface area (Å²) in [6, 6.07) is 0.0121. The first-order valence-corrected chi connectivity index (χ1v) is 6.21. The summed E-state index contributed by atoms with van der Waals surface area (Å²) in [6.45, 7) is 6.35. The van der Waals surface area contributed by atoms with Crippen molar-refractivity contribution in [2.24, 2.45) is 5.73 Å². The van der Waals surface area contributed by atoms with Crippen molar-refractivity contribution in [3.8, 4) is 0 Å². The molecule has 0 aliphatic rings. The van der Waals surface area contributed by atoms with Gasteiger partial charge < -0.3 is 20.7 Å². The number of nitrogens with two attached hydrogens (primary N) is 1. The van der Waals surface area contributed by atoms with Crippen LogP contribution in [0.25, 0.3) is 0 Å². The predicted octanol–water partition coefficient (Wildman–Crippen LogP) is 0.197. The monoisotopic (exact) mass is 245 g/mol. The second kappa shape index (κ2) is 9.39. The number of methoxy groups -OCH3 is 1. The summed E-state index contributed by atoms with van der Waals surface area (Å²) in [5, 5.41) is 2.81. The zero-order valence-corrected chi connectivity index (χ0v) is 11.5. The topological polar surface area (TPSA) is 67.6 Å². The number of amides is 1. The van der Waals surface area contributed by atoms with E-state index in [4.69, 9.17) is 10.5 Å². The highest BCUT2D eigenvalue weighted by Crippen LogP contribution is 1.97. The van der Waals surface area contributed by atoms with E-state index in [0.717, 1.165) is 19.4 Å². The van der Waals surface area contributed by atoms with Crippen LogP contribution in [0.2, 0.25) is 0 Å². The SMILES string of the molecule is COCC(N)C(=O)NCCCCN(C)C(C)C. The molecule has 0 aromatic rings. The van der Waals surface area contributed by atoms with Crippen LogP contribution >= 0.6 is 0 Å². The largest absolute Gasteiger partial charge is 0.383 e. The Morgan fingerprint density at radius 3 is 2.59 bits per heavy atom. The van der Waals surface area contributed by atoms with E-state index in [9.17, 15) is 4.79 Å². The Hall–Kier alpha value is -0.650. The maximum atomic E-state index is 11.4. The molecule has 0 bridgehead atoms. The second-order valence-electron chi connectivity index (χ2n) is 4.63. The number of carbonyl (C=O) groups excluding carboxylic acids is 1. The first kappa shape index (κ1) is 16.4. The lowest BCUT2D eigenvalue weighted by Gasteiger charge is -2.20. The zero-order chi connectivity index (χ0) is 13.3. The van der Waals surface area contributed by atoms with Crippen LogP contribution in [-0.2, 0) is 9.53 Å². The van der Waals surface area contributed by atoms with Crippen LogP contribution in [0, 0.1) is 0 Å². The quantitative estimate of drug-likeness (QED) is 0.569. The Labute approximate surface area is 105 Å². The van der Waals surface area contributed by atoms with Gasteiger partial charge in [-0.2, -0.15) is 0 Å². The molecule has 0 radical (unpaired) electrons. The molecule has 102 valence electrons. The van der Waals surface area contributed by atoms with Crippen molar-refractivity contribution in [3.05, 3.63) is 0 Å². The maximum Gasteiger partial charge on any atom is 0.239 e. The molecule has 17 heavy (non-hydrogen) atoms. The van der Waals surface area contributed by atoms with E-state index in [1.54, 1.807) is 0 Å². The van der Waals surface area contributed by atoms with E-state index in [-0.39, 0.29) is 12.5 Å². The average Bonchev–Trinajstić information content (AvgIpc) is 2.28. The van der Waals surface area contributed by atoms with Crippen LogP contribution in [-0.4, -0.2) is 56.7 Å². The summed E-state index contributed by atoms with van der Waals surface area (Å²) in [5.74, 6) is -0.135. The third kappa shape index (κ3) is 8.12. The van der Waals surface area contributed by atoms with Crippen LogP contribution in [0.1, 0.15) is 26.7 Å². The number of ether oxygens (including phenoxy) is 1. The number of hydrogen-bond donors (Lipinski definition) is 2. The van der Waals surface area contributed by atoms with Crippen LogP contribution in [0.4, 0.5) is 0 Å². The molecule has 0 rings (SSSR count). The molecule has 1 unspecified atom stereocenters. The van der Waals surface area contributed by atoms with Crippen molar-refractivity contribution in [2.75, 3.05) is 33.9 Å². The molecule has 0 spiro atoms. The average molecular weight is 245 g/mol. The fraction of sp³-hybridized carbons (Fsp3) is 0.917. The highest BCUT2D eigenvalue weighted by atomic mass is 16.5. The highest BCUT2D eigenvalue weighted by Gasteiger charge is 2.11. The molecule has 0 aromatic heterocycles. The minimum atomic E-state index is -0.557. The van der Waals surface area contributed by atoms with Crippen molar-refractivity contribution in [3.63, 3.8) is 0 Å². The van der Waals surface area contributed by atoms with Gasteiger partial charge in [-0.3, -0.25) is 4.79 Å². The third-order valence-electron chi connectivity index (χ3n) is 2.80. The van der Waals surface area contributed by atoms with E-state index in [1.807, 2.05) is 0 Å². The summed E-state index contributed by atoms with van der Waals surface area (Å²) in [7, 11) is 3.65. The second-order valence-corrected chi connectivity index (χ2v) is 4.63. The molecule has 3 N–H and O–H groups in total. The molecule has 0 saturated heterocycles. The van der Waals surface area contributed by atoms with Crippen LogP contribution < -0.4 is 11.1 Å². The van der Waals surface area contributed by atoms with Gasteiger partial charge in [0.2, 0.25) is 5.91 Å². The fourth-order valence-corrected chi connectivity index (χ4v) is 1.34. The summed E-state index contributed by atoms with van der Waals surface area (Å²) in [5.41, 5.74) is 5.59. The zero-order valence-electron chi connectivity index (χ0n) is 11.5. The van der Waals surface area contributed by atoms with Crippen molar-refractivity contribution in [2.45, 2.75) is 38.8 Å². The van der Waals surface area contributed by atoms with Gasteiger partial charge in [0.1, 0.15) is 6.04 Å². The first-order valence-electron chi connectivity index (χ1n) is 6.21. The van der Waals surface area contributed by atoms with Crippen LogP contribution in [0.5, 0.6) is 0 Å². The normalized spacial score (nSPS) is 13.1. The van der Waals surface area contributed by atoms with Crippen LogP contribution in [0.15, 0.2) is 0 Å². The predicted molar refractivity (Wildman–Crippen MR) is 69.9 cm³/mol. The van der Waals surface area contributed by atoms with Crippen molar-refractivity contribution >= 4 is 5.91 Å². The lowest BCUT2D eigenvalue weighted by molar-refractivity contribution is -0.123. The molecule has 0 aliphatic carbocycles. The van der Waals surface area contributed by atoms with Gasteiger partial charge in [0, 0.05) is 19.7 Å². The number of rotatable bonds is 9. The standard InChI is InChI=1S/C12H27N3O2/c1-10(2)15(3)8-6-5-7-14-12(16)11(13)9-17-4/h10-11H,5-9,13H2,1-4H3,(H,14,16). The summed E-state index contributed by atoms with van der Waals surface area (Å²) in [4.78, 5) is 13.7. The summed E-state index contributed by atoms with van der Waals surface area (Å²) < 4.78 is 4.82. The molecule has 0 fully saturated rings. The van der Waals surface area contributed by atoms with Crippen molar-refractivity contribution < 1.29 is 9.53 Å². The molecule has 5 heteroatoms. The molecule has 1 atom stereocenters. The lowest BCUT2D eigenvalue weighted by Crippen LogP contribution is -2.43. The van der Waals surface area contributed by atoms with Gasteiger partial charge in [0.05, 0.1) is 6.61 Å². The van der Waals surface area contributed by atoms with Gasteiger partial charge in [-0.1, -0.05) is 0 Å². The number of nitrogens with one attached hydrogen (secondary N) is 1. The van der Waals surface area contributed by atoms with E-state index >= 15 is 0 Å². The van der Waals surface area contributed by atoms with E-state index in [2.05, 4.69) is 31.1 Å². The number of hydrogen-bond acceptors (Lipinski definition) is 4. The third-order valence-corrected chi connectivity index (χ3v) is 2.80. The Morgan fingerprint density at radius 1 is 1.41 bits per heavy atom. The number of unbranched alkanes of at least 4 members (excludes halogenated alkanes) is 1. The Morgan fingerprint density at radius 2 is 2.06 bits per heavy atom. The van der Waals surface area contributed by atoms with E-state index in [0.29, 0.717) is 12.6 Å². The highest BCUT2D eigenvalue weighted by molar-refractivity contribution is 5.81. The summed E-state index contributed by atoms with van der Waals surface area (Å²) >= 11 is 0. The molecule has 0 aliphatic heterocycles. The van der Waals surface area contributed by atoms with Gasteiger partial charge in [-0.15, -0.1) is 0 Å². The summed E-state index contributed by atoms with van der Waals surface area (Å²) in [6.07, 6.45) is 2.05. The van der Waals surface area contributed by atoms with Gasteiger partial charge in [0.15, 0.2) is 0 Å². The van der Waals surface area contributed by atoms with Gasteiger partial charge in [0.25, 0.3) is 0 Å². The molecule has 0 heterocycles. The van der Waals surface area contributed by atoms with E-state index in [1.165, 1.54) is 7.11 Å². The Kier molecular flexibility index (Phi) is 9.03. The molecule has 0 aromatic carbocycles. The first-order chi connectivity index (χ1) is 7.99. The van der Waals surface area contributed by atoms with Gasteiger partial charge in [-0.05, 0) is 40.3 Å². The molecular weight excluding hydrogens is 218 g/mol. The van der Waals surface area contributed by atoms with Gasteiger partial charge >= 0.3 is 0 Å². The molecular formula is C12H27N3O2. The number of carbonyl (C=O) groups is 1. The minimum Gasteiger partial charge on any atom is -0.383 e. The number of nitrogens with zero attached hydrogens (tertiary/aromatic N) is 1.